The monoisotopic (exact) mass is 477 g/mol. The second kappa shape index (κ2) is 8.34. The first-order valence-electron chi connectivity index (χ1n) is 12.2. The lowest BCUT2D eigenvalue weighted by Crippen LogP contribution is -2.33. The van der Waals surface area contributed by atoms with E-state index in [2.05, 4.69) is 30.1 Å². The molecule has 1 unspecified atom stereocenters. The van der Waals surface area contributed by atoms with Gasteiger partial charge in [-0.05, 0) is 68.4 Å². The third-order valence-electron chi connectivity index (χ3n) is 7.00. The first-order valence-corrected chi connectivity index (χ1v) is 12.2. The third kappa shape index (κ3) is 3.29. The van der Waals surface area contributed by atoms with Crippen LogP contribution in [0.25, 0.3) is 0 Å². The van der Waals surface area contributed by atoms with Gasteiger partial charge in [0.1, 0.15) is 11.5 Å². The molecule has 3 N–H and O–H groups in total. The first-order chi connectivity index (χ1) is 17.5. The molecule has 2 aliphatic heterocycles. The van der Waals surface area contributed by atoms with Gasteiger partial charge in [-0.25, -0.2) is 4.79 Å². The molecule has 6 nitrogen and oxygen atoms in total. The Morgan fingerprint density at radius 2 is 1.58 bits per heavy atom. The number of nitrogen functional groups attached to an aromatic ring is 1. The van der Waals surface area contributed by atoms with Crippen LogP contribution >= 0.6 is 0 Å². The maximum Gasteiger partial charge on any atom is 0.340 e. The van der Waals surface area contributed by atoms with Gasteiger partial charge in [-0.2, -0.15) is 0 Å². The summed E-state index contributed by atoms with van der Waals surface area (Å²) in [5, 5.41) is 3.45. The van der Waals surface area contributed by atoms with E-state index in [1.165, 1.54) is 0 Å². The van der Waals surface area contributed by atoms with Crippen molar-refractivity contribution in [3.8, 4) is 11.5 Å². The minimum absolute atomic E-state index is 0.398. The molecule has 0 saturated carbocycles. The van der Waals surface area contributed by atoms with E-state index in [9.17, 15) is 4.79 Å². The van der Waals surface area contributed by atoms with Crippen LogP contribution in [-0.2, 0) is 10.3 Å². The Kier molecular flexibility index (Phi) is 5.11. The highest BCUT2D eigenvalue weighted by molar-refractivity contribution is 5.98. The van der Waals surface area contributed by atoms with Crippen LogP contribution in [0.3, 0.4) is 0 Å². The molecule has 0 bridgehead atoms. The number of carbonyl (C=O) groups excluding carboxylic acids is 1. The molecule has 1 spiro atoms. The summed E-state index contributed by atoms with van der Waals surface area (Å²) in [7, 11) is 0. The molecule has 4 aromatic rings. The number of hydrogen-bond acceptors (Lipinski definition) is 6. The van der Waals surface area contributed by atoms with E-state index in [0.29, 0.717) is 22.7 Å². The number of nitrogens with zero attached hydrogens (tertiary/aromatic N) is 1. The normalized spacial score (nSPS) is 17.0. The summed E-state index contributed by atoms with van der Waals surface area (Å²) in [6.07, 6.45) is 0. The quantitative estimate of drug-likeness (QED) is 0.255. The van der Waals surface area contributed by atoms with Crippen molar-refractivity contribution in [1.29, 1.82) is 0 Å². The van der Waals surface area contributed by atoms with Crippen LogP contribution in [0.2, 0.25) is 0 Å². The fraction of sp³-hybridized carbons (Fsp3) is 0.167. The summed E-state index contributed by atoms with van der Waals surface area (Å²) in [6, 6.07) is 27.4. The van der Waals surface area contributed by atoms with E-state index < -0.39 is 11.6 Å². The Morgan fingerprint density at radius 3 is 2.36 bits per heavy atom. The second-order valence-corrected chi connectivity index (χ2v) is 9.03. The SMILES string of the molecule is CCN(CC)c1ccc2c(c1)Oc1ccc(Nc3ccccc3)cc1C21OC(=O)c2cc(N)ccc21. The smallest absolute Gasteiger partial charge is 0.340 e. The van der Waals surface area contributed by atoms with E-state index >= 15 is 0 Å². The van der Waals surface area contributed by atoms with Gasteiger partial charge >= 0.3 is 5.97 Å². The van der Waals surface area contributed by atoms with E-state index in [1.54, 1.807) is 6.07 Å². The van der Waals surface area contributed by atoms with Gasteiger partial charge in [0, 0.05) is 58.6 Å². The van der Waals surface area contributed by atoms with Crippen molar-refractivity contribution in [3.63, 3.8) is 0 Å². The predicted molar refractivity (Wildman–Crippen MR) is 142 cm³/mol. The molecule has 6 rings (SSSR count). The molecule has 180 valence electrons. The van der Waals surface area contributed by atoms with E-state index in [1.807, 2.05) is 72.8 Å². The molecule has 0 saturated heterocycles. The van der Waals surface area contributed by atoms with Crippen LogP contribution in [0.1, 0.15) is 40.9 Å². The summed E-state index contributed by atoms with van der Waals surface area (Å²) in [5.74, 6) is 0.925. The van der Waals surface area contributed by atoms with Crippen molar-refractivity contribution in [2.24, 2.45) is 0 Å². The highest BCUT2D eigenvalue weighted by atomic mass is 16.6. The number of rotatable bonds is 5. The minimum atomic E-state index is -1.14. The molecule has 2 aliphatic rings. The van der Waals surface area contributed by atoms with Gasteiger partial charge in [-0.1, -0.05) is 24.3 Å². The average molecular weight is 478 g/mol. The first kappa shape index (κ1) is 22.0. The van der Waals surface area contributed by atoms with Gasteiger partial charge in [0.15, 0.2) is 5.60 Å². The minimum Gasteiger partial charge on any atom is -0.456 e. The number of nitrogens with two attached hydrogens (primary N) is 1. The Balaban J connectivity index is 1.57. The number of fused-ring (bicyclic) bond motifs is 6. The molecule has 36 heavy (non-hydrogen) atoms. The van der Waals surface area contributed by atoms with Gasteiger partial charge in [-0.3, -0.25) is 0 Å². The lowest BCUT2D eigenvalue weighted by molar-refractivity contribution is 0.0224. The Labute approximate surface area is 210 Å². The topological polar surface area (TPSA) is 76.8 Å². The maximum atomic E-state index is 13.2. The lowest BCUT2D eigenvalue weighted by atomic mass is 9.77. The number of esters is 1. The number of ether oxygens (including phenoxy) is 2. The summed E-state index contributed by atoms with van der Waals surface area (Å²) in [4.78, 5) is 15.5. The van der Waals surface area contributed by atoms with E-state index in [-0.39, 0.29) is 0 Å². The van der Waals surface area contributed by atoms with Gasteiger partial charge < -0.3 is 25.4 Å². The summed E-state index contributed by atoms with van der Waals surface area (Å²) in [5.41, 5.74) is 11.1. The van der Waals surface area contributed by atoms with Crippen molar-refractivity contribution >= 4 is 28.7 Å². The van der Waals surface area contributed by atoms with Crippen molar-refractivity contribution in [1.82, 2.24) is 0 Å². The van der Waals surface area contributed by atoms with Crippen molar-refractivity contribution in [2.45, 2.75) is 19.4 Å². The van der Waals surface area contributed by atoms with Crippen molar-refractivity contribution < 1.29 is 14.3 Å². The Morgan fingerprint density at radius 1 is 0.806 bits per heavy atom. The molecule has 4 aromatic carbocycles. The molecule has 6 heteroatoms. The standard InChI is InChI=1S/C30H27N3O3/c1-3-33(4-2)22-12-14-25-28(18-22)35-27-15-11-21(32-20-8-6-5-7-9-20)17-26(27)30(25)24-13-10-19(31)16-23(24)29(34)36-30/h5-18,32H,3-4,31H2,1-2H3. The number of carbonyl (C=O) groups is 1. The van der Waals surface area contributed by atoms with Crippen LogP contribution in [0.15, 0.2) is 84.9 Å². The zero-order valence-electron chi connectivity index (χ0n) is 20.2. The predicted octanol–water partition coefficient (Wildman–Crippen LogP) is 6.43. The lowest BCUT2D eigenvalue weighted by Gasteiger charge is -2.37. The van der Waals surface area contributed by atoms with Gasteiger partial charge in [0.2, 0.25) is 0 Å². The molecule has 0 aliphatic carbocycles. The third-order valence-corrected chi connectivity index (χ3v) is 7.00. The van der Waals surface area contributed by atoms with Gasteiger partial charge in [0.25, 0.3) is 0 Å². The summed E-state index contributed by atoms with van der Waals surface area (Å²) in [6.45, 7) is 6.01. The number of benzene rings is 4. The summed E-state index contributed by atoms with van der Waals surface area (Å²) < 4.78 is 12.8. The zero-order chi connectivity index (χ0) is 24.9. The Hall–Kier alpha value is -4.45. The molecule has 0 amide bonds. The zero-order valence-corrected chi connectivity index (χ0v) is 20.2. The van der Waals surface area contributed by atoms with Gasteiger partial charge in [-0.15, -0.1) is 0 Å². The summed E-state index contributed by atoms with van der Waals surface area (Å²) >= 11 is 0. The number of para-hydroxylation sites is 1. The van der Waals surface area contributed by atoms with Crippen molar-refractivity contribution in [2.75, 3.05) is 29.0 Å². The molecule has 0 aromatic heterocycles. The molecule has 1 atom stereocenters. The molecule has 0 radical (unpaired) electrons. The van der Waals surface area contributed by atoms with Crippen LogP contribution in [0.5, 0.6) is 11.5 Å². The Bertz CT molecular complexity index is 1480. The fourth-order valence-corrected chi connectivity index (χ4v) is 5.28. The van der Waals surface area contributed by atoms with Crippen LogP contribution in [0, 0.1) is 0 Å². The highest BCUT2D eigenvalue weighted by Gasteiger charge is 2.53. The highest BCUT2D eigenvalue weighted by Crippen LogP contribution is 2.57. The number of anilines is 4. The number of nitrogens with one attached hydrogen (secondary N) is 1. The second-order valence-electron chi connectivity index (χ2n) is 9.03. The fourth-order valence-electron chi connectivity index (χ4n) is 5.28. The largest absolute Gasteiger partial charge is 0.456 e. The average Bonchev–Trinajstić information content (AvgIpc) is 3.18. The molecule has 2 heterocycles. The van der Waals surface area contributed by atoms with E-state index in [0.717, 1.165) is 46.8 Å². The molecule has 0 fully saturated rings. The van der Waals surface area contributed by atoms with E-state index in [4.69, 9.17) is 15.2 Å². The molecular weight excluding hydrogens is 450 g/mol. The van der Waals surface area contributed by atoms with Crippen LogP contribution in [-0.4, -0.2) is 19.1 Å². The van der Waals surface area contributed by atoms with Crippen LogP contribution in [0.4, 0.5) is 22.7 Å². The van der Waals surface area contributed by atoms with Gasteiger partial charge in [0.05, 0.1) is 5.56 Å². The number of hydrogen-bond donors (Lipinski definition) is 2. The maximum absolute atomic E-state index is 13.2. The van der Waals surface area contributed by atoms with Crippen LogP contribution < -0.4 is 20.7 Å². The van der Waals surface area contributed by atoms with Crippen molar-refractivity contribution in [3.05, 3.63) is 107 Å². The molecular formula is C30H27N3O3.